The zero-order valence-electron chi connectivity index (χ0n) is 17.7. The van der Waals surface area contributed by atoms with Gasteiger partial charge >= 0.3 is 0 Å². The molecular weight excluding hydrogens is 374 g/mol. The van der Waals surface area contributed by atoms with Crippen molar-refractivity contribution in [2.24, 2.45) is 0 Å². The van der Waals surface area contributed by atoms with Gasteiger partial charge in [0, 0.05) is 19.1 Å². The van der Waals surface area contributed by atoms with Gasteiger partial charge in [-0.1, -0.05) is 72.8 Å². The molecule has 3 rings (SSSR count). The lowest BCUT2D eigenvalue weighted by Gasteiger charge is -2.38. The van der Waals surface area contributed by atoms with Crippen LogP contribution in [0.2, 0.25) is 0 Å². The number of nitrogens with zero attached hydrogens (tertiary/aromatic N) is 1. The van der Waals surface area contributed by atoms with Gasteiger partial charge in [-0.2, -0.15) is 0 Å². The highest BCUT2D eigenvalue weighted by molar-refractivity contribution is 5.43. The van der Waals surface area contributed by atoms with E-state index in [0.29, 0.717) is 13.0 Å². The van der Waals surface area contributed by atoms with Crippen LogP contribution in [-0.4, -0.2) is 49.0 Å². The first kappa shape index (κ1) is 22.0. The summed E-state index contributed by atoms with van der Waals surface area (Å²) < 4.78 is 5.82. The van der Waals surface area contributed by atoms with Gasteiger partial charge in [0.1, 0.15) is 18.0 Å². The second-order valence-corrected chi connectivity index (χ2v) is 7.78. The molecule has 0 radical (unpaired) electrons. The zero-order valence-corrected chi connectivity index (χ0v) is 17.7. The van der Waals surface area contributed by atoms with Crippen LogP contribution >= 0.6 is 0 Å². The maximum atomic E-state index is 12.2. The van der Waals surface area contributed by atoms with Crippen molar-refractivity contribution in [3.63, 3.8) is 0 Å². The fourth-order valence-corrected chi connectivity index (χ4v) is 3.84. The van der Waals surface area contributed by atoms with E-state index in [0.717, 1.165) is 29.0 Å². The van der Waals surface area contributed by atoms with E-state index in [1.165, 1.54) is 0 Å². The molecule has 0 unspecified atom stereocenters. The van der Waals surface area contributed by atoms with Crippen LogP contribution in [0.25, 0.3) is 0 Å². The second kappa shape index (κ2) is 10.4. The fraction of sp³-hybridized carbons (Fsp3) is 0.308. The molecule has 0 heterocycles. The van der Waals surface area contributed by atoms with Crippen molar-refractivity contribution in [2.75, 3.05) is 33.9 Å². The predicted molar refractivity (Wildman–Crippen MR) is 121 cm³/mol. The first-order chi connectivity index (χ1) is 14.6. The van der Waals surface area contributed by atoms with E-state index in [1.807, 2.05) is 99.0 Å². The lowest BCUT2D eigenvalue weighted by atomic mass is 9.71. The Balaban J connectivity index is 2.00. The summed E-state index contributed by atoms with van der Waals surface area (Å²) >= 11 is 0. The largest absolute Gasteiger partial charge is 0.492 e. The van der Waals surface area contributed by atoms with Gasteiger partial charge < -0.3 is 19.8 Å². The molecule has 3 aromatic carbocycles. The third-order valence-corrected chi connectivity index (χ3v) is 5.44. The number of hydrogen-bond donors (Lipinski definition) is 2. The number of ether oxygens (including phenoxy) is 1. The average molecular weight is 406 g/mol. The maximum Gasteiger partial charge on any atom is 0.121 e. The third kappa shape index (κ3) is 5.08. The average Bonchev–Trinajstić information content (AvgIpc) is 2.78. The van der Waals surface area contributed by atoms with Gasteiger partial charge in [-0.3, -0.25) is 0 Å². The monoisotopic (exact) mass is 405 g/mol. The van der Waals surface area contributed by atoms with Crippen LogP contribution in [0, 0.1) is 0 Å². The van der Waals surface area contributed by atoms with Crippen LogP contribution in [0.3, 0.4) is 0 Å². The van der Waals surface area contributed by atoms with E-state index in [1.54, 1.807) is 0 Å². The van der Waals surface area contributed by atoms with Gasteiger partial charge in [-0.15, -0.1) is 0 Å². The third-order valence-electron chi connectivity index (χ3n) is 5.44. The number of aliphatic hydroxyl groups excluding tert-OH is 1. The van der Waals surface area contributed by atoms with E-state index in [-0.39, 0.29) is 12.5 Å². The zero-order chi connectivity index (χ0) is 21.4. The van der Waals surface area contributed by atoms with Crippen LogP contribution in [-0.2, 0) is 5.60 Å². The summed E-state index contributed by atoms with van der Waals surface area (Å²) in [5.74, 6) is 0.473. The molecule has 0 saturated carbocycles. The predicted octanol–water partition coefficient (Wildman–Crippen LogP) is 4.03. The standard InChI is InChI=1S/C26H31NO3/c1-27(2)18-20-30-24-15-13-23(14-16-24)26(29,22-11-7-4-8-12-22)25(17-19-28)21-9-5-3-6-10-21/h3-16,25,28-29H,17-20H2,1-2H3/t25-,26-/m0/s1. The molecule has 158 valence electrons. The molecule has 30 heavy (non-hydrogen) atoms. The molecule has 0 bridgehead atoms. The molecule has 4 heteroatoms. The highest BCUT2D eigenvalue weighted by Crippen LogP contribution is 2.44. The van der Waals surface area contributed by atoms with Gasteiger partial charge in [0.25, 0.3) is 0 Å². The van der Waals surface area contributed by atoms with E-state index in [9.17, 15) is 10.2 Å². The van der Waals surface area contributed by atoms with Crippen molar-refractivity contribution < 1.29 is 14.9 Å². The summed E-state index contributed by atoms with van der Waals surface area (Å²) in [7, 11) is 4.02. The van der Waals surface area contributed by atoms with E-state index in [4.69, 9.17) is 4.74 Å². The fourth-order valence-electron chi connectivity index (χ4n) is 3.84. The summed E-state index contributed by atoms with van der Waals surface area (Å²) in [5, 5.41) is 22.0. The van der Waals surface area contributed by atoms with Crippen LogP contribution < -0.4 is 4.74 Å². The molecule has 0 spiro atoms. The molecule has 2 N–H and O–H groups in total. The minimum absolute atomic E-state index is 0.0135. The topological polar surface area (TPSA) is 52.9 Å². The molecule has 0 aliphatic carbocycles. The molecule has 0 aliphatic heterocycles. The number of rotatable bonds is 10. The van der Waals surface area contributed by atoms with Crippen molar-refractivity contribution >= 4 is 0 Å². The molecule has 0 aliphatic rings. The number of hydrogen-bond acceptors (Lipinski definition) is 4. The first-order valence-corrected chi connectivity index (χ1v) is 10.4. The summed E-state index contributed by atoms with van der Waals surface area (Å²) in [4.78, 5) is 2.07. The summed E-state index contributed by atoms with van der Waals surface area (Å²) in [5.41, 5.74) is 1.28. The van der Waals surface area contributed by atoms with Crippen LogP contribution in [0.4, 0.5) is 0 Å². The molecule has 0 aromatic heterocycles. The minimum Gasteiger partial charge on any atom is -0.492 e. The summed E-state index contributed by atoms with van der Waals surface area (Å²) in [6.07, 6.45) is 0.441. The summed E-state index contributed by atoms with van der Waals surface area (Å²) in [6, 6.07) is 27.2. The highest BCUT2D eigenvalue weighted by Gasteiger charge is 2.40. The molecule has 4 nitrogen and oxygen atoms in total. The minimum atomic E-state index is -1.28. The van der Waals surface area contributed by atoms with Crippen LogP contribution in [0.15, 0.2) is 84.9 Å². The highest BCUT2D eigenvalue weighted by atomic mass is 16.5. The number of aliphatic hydroxyl groups is 2. The Bertz CT molecular complexity index is 881. The lowest BCUT2D eigenvalue weighted by molar-refractivity contribution is 0.0393. The van der Waals surface area contributed by atoms with Crippen molar-refractivity contribution in [3.05, 3.63) is 102 Å². The smallest absolute Gasteiger partial charge is 0.121 e. The molecule has 3 aromatic rings. The van der Waals surface area contributed by atoms with Crippen LogP contribution in [0.1, 0.15) is 29.0 Å². The normalized spacial score (nSPS) is 14.3. The van der Waals surface area contributed by atoms with Gasteiger partial charge in [0.15, 0.2) is 0 Å². The second-order valence-electron chi connectivity index (χ2n) is 7.78. The SMILES string of the molecule is CN(C)CCOc1ccc([C@@](O)(c2ccccc2)[C@@H](CCO)c2ccccc2)cc1. The Kier molecular flexibility index (Phi) is 7.63. The quantitative estimate of drug-likeness (QED) is 0.535. The van der Waals surface area contributed by atoms with Crippen molar-refractivity contribution in [1.82, 2.24) is 4.90 Å². The van der Waals surface area contributed by atoms with Gasteiger partial charge in [-0.05, 0) is 49.3 Å². The van der Waals surface area contributed by atoms with Gasteiger partial charge in [-0.25, -0.2) is 0 Å². The van der Waals surface area contributed by atoms with Crippen molar-refractivity contribution in [3.8, 4) is 5.75 Å². The first-order valence-electron chi connectivity index (χ1n) is 10.4. The van der Waals surface area contributed by atoms with E-state index < -0.39 is 5.60 Å². The summed E-state index contributed by atoms with van der Waals surface area (Å²) in [6.45, 7) is 1.43. The Hall–Kier alpha value is -2.66. The molecule has 2 atom stereocenters. The van der Waals surface area contributed by atoms with Gasteiger partial charge in [0.05, 0.1) is 0 Å². The van der Waals surface area contributed by atoms with Gasteiger partial charge in [0.2, 0.25) is 0 Å². The van der Waals surface area contributed by atoms with Crippen molar-refractivity contribution in [2.45, 2.75) is 17.9 Å². The molecule has 0 amide bonds. The Morgan fingerprint density at radius 3 is 1.97 bits per heavy atom. The molecule has 0 saturated heterocycles. The number of benzene rings is 3. The maximum absolute atomic E-state index is 12.2. The Morgan fingerprint density at radius 1 is 0.833 bits per heavy atom. The Morgan fingerprint density at radius 2 is 1.40 bits per heavy atom. The number of likely N-dealkylation sites (N-methyl/N-ethyl adjacent to an activating group) is 1. The lowest BCUT2D eigenvalue weighted by Crippen LogP contribution is -2.35. The van der Waals surface area contributed by atoms with Crippen LogP contribution in [0.5, 0.6) is 5.75 Å². The van der Waals surface area contributed by atoms with E-state index >= 15 is 0 Å². The van der Waals surface area contributed by atoms with E-state index in [2.05, 4.69) is 4.90 Å². The molecular formula is C26H31NO3. The van der Waals surface area contributed by atoms with Crippen molar-refractivity contribution in [1.29, 1.82) is 0 Å². The Labute approximate surface area is 179 Å². The molecule has 0 fully saturated rings.